The monoisotopic (exact) mass is 518 g/mol. The number of piperidine rings is 1. The van der Waals surface area contributed by atoms with E-state index in [4.69, 9.17) is 0 Å². The largest absolute Gasteiger partial charge is 0.341 e. The number of hydrogen-bond acceptors (Lipinski definition) is 4. The van der Waals surface area contributed by atoms with Gasteiger partial charge in [-0.2, -0.15) is 0 Å². The zero-order valence-corrected chi connectivity index (χ0v) is 20.7. The van der Waals surface area contributed by atoms with Crippen LogP contribution in [0.15, 0.2) is 38.6 Å². The smallest absolute Gasteiger partial charge is 0.308 e. The van der Waals surface area contributed by atoms with Crippen LogP contribution in [0.4, 0.5) is 0 Å². The normalized spacial score (nSPS) is 31.5. The van der Waals surface area contributed by atoms with Crippen LogP contribution in [0.2, 0.25) is 0 Å². The van der Waals surface area contributed by atoms with Crippen LogP contribution in [-0.2, 0) is 11.3 Å². The molecule has 3 heterocycles. The molecule has 0 radical (unpaired) electrons. The summed E-state index contributed by atoms with van der Waals surface area (Å²) in [6.45, 7) is 1.88. The highest BCUT2D eigenvalue weighted by Crippen LogP contribution is 2.64. The Balaban J connectivity index is 1.40. The first kappa shape index (κ1) is 20.5. The number of likely N-dealkylation sites (tertiary alicyclic amines) is 1. The Kier molecular flexibility index (Phi) is 5.35. The molecule has 1 saturated heterocycles. The van der Waals surface area contributed by atoms with Crippen molar-refractivity contribution in [1.82, 2.24) is 9.47 Å². The molecule has 164 valence electrons. The number of carbonyl (C=O) groups is 1. The molecule has 7 heteroatoms. The second kappa shape index (κ2) is 8.07. The lowest BCUT2D eigenvalue weighted by atomic mass is 9.75. The Morgan fingerprint density at radius 1 is 1.06 bits per heavy atom. The van der Waals surface area contributed by atoms with Gasteiger partial charge in [-0.25, -0.2) is 0 Å². The second-order valence-corrected chi connectivity index (χ2v) is 12.7. The van der Waals surface area contributed by atoms with Crippen molar-refractivity contribution in [3.05, 3.63) is 48.8 Å². The molecule has 2 aliphatic carbocycles. The topological polar surface area (TPSA) is 42.3 Å². The summed E-state index contributed by atoms with van der Waals surface area (Å²) in [7, 11) is 0. The molecule has 1 aromatic heterocycles. The minimum absolute atomic E-state index is 0.0392. The van der Waals surface area contributed by atoms with Gasteiger partial charge in [0.2, 0.25) is 5.91 Å². The van der Waals surface area contributed by atoms with E-state index in [1.54, 1.807) is 0 Å². The number of rotatable bonds is 3. The van der Waals surface area contributed by atoms with E-state index in [0.717, 1.165) is 47.3 Å². The van der Waals surface area contributed by atoms with Crippen molar-refractivity contribution in [3.63, 3.8) is 0 Å². The lowest BCUT2D eigenvalue weighted by molar-refractivity contribution is -0.132. The summed E-state index contributed by atoms with van der Waals surface area (Å²) < 4.78 is 2.90. The van der Waals surface area contributed by atoms with Gasteiger partial charge in [0.15, 0.2) is 0 Å². The van der Waals surface area contributed by atoms with Crippen molar-refractivity contribution in [1.29, 1.82) is 0 Å². The summed E-state index contributed by atoms with van der Waals surface area (Å²) in [5.74, 6) is 2.53. The minimum Gasteiger partial charge on any atom is -0.341 e. The maximum Gasteiger partial charge on any atom is 0.308 e. The van der Waals surface area contributed by atoms with Gasteiger partial charge in [0, 0.05) is 33.6 Å². The molecule has 4 nitrogen and oxygen atoms in total. The van der Waals surface area contributed by atoms with Crippen LogP contribution in [0.1, 0.15) is 54.9 Å². The fourth-order valence-corrected chi connectivity index (χ4v) is 9.92. The molecular weight excluding hydrogens is 492 g/mol. The predicted octanol–water partition coefficient (Wildman–Crippen LogP) is 5.34. The summed E-state index contributed by atoms with van der Waals surface area (Å²) in [5, 5.41) is 1.66. The molecule has 5 atom stereocenters. The fraction of sp³-hybridized carbons (Fsp3) is 0.583. The number of thiazole rings is 1. The molecule has 2 bridgehead atoms. The number of fused-ring (bicyclic) bond motifs is 6. The number of hydrogen-bond donors (Lipinski definition) is 0. The molecule has 3 fully saturated rings. The summed E-state index contributed by atoms with van der Waals surface area (Å²) >= 11 is 6.89. The van der Waals surface area contributed by atoms with Crippen LogP contribution in [0.3, 0.4) is 0 Å². The van der Waals surface area contributed by atoms with Gasteiger partial charge in [-0.3, -0.25) is 14.2 Å². The maximum atomic E-state index is 13.1. The van der Waals surface area contributed by atoms with E-state index < -0.39 is 0 Å². The van der Waals surface area contributed by atoms with E-state index >= 15 is 0 Å². The van der Waals surface area contributed by atoms with E-state index in [-0.39, 0.29) is 23.2 Å². The van der Waals surface area contributed by atoms with Gasteiger partial charge >= 0.3 is 4.87 Å². The SMILES string of the molecule is O=C(Cn1c2c(sc1=O)[C@@H](c1ccc(Br)cc1)[C@@H]1[C@H]3CC[C@@H](C3)[C@H]1S2)N1CCCCC1. The first-order valence-electron chi connectivity index (χ1n) is 11.5. The summed E-state index contributed by atoms with van der Waals surface area (Å²) in [6.07, 6.45) is 7.35. The molecule has 6 rings (SSSR count). The van der Waals surface area contributed by atoms with E-state index in [1.165, 1.54) is 47.5 Å². The van der Waals surface area contributed by atoms with E-state index in [1.807, 2.05) is 21.2 Å². The third-order valence-corrected chi connectivity index (χ3v) is 11.3. The lowest BCUT2D eigenvalue weighted by Gasteiger charge is -2.40. The highest BCUT2D eigenvalue weighted by molar-refractivity contribution is 9.10. The highest BCUT2D eigenvalue weighted by atomic mass is 79.9. The number of aromatic nitrogens is 1. The van der Waals surface area contributed by atoms with Gasteiger partial charge in [0.1, 0.15) is 6.54 Å². The third kappa shape index (κ3) is 3.46. The van der Waals surface area contributed by atoms with Crippen molar-refractivity contribution >= 4 is 44.9 Å². The Morgan fingerprint density at radius 3 is 2.58 bits per heavy atom. The van der Waals surface area contributed by atoms with Crippen molar-refractivity contribution in [2.24, 2.45) is 17.8 Å². The number of halogens is 1. The van der Waals surface area contributed by atoms with Gasteiger partial charge in [0.25, 0.3) is 0 Å². The Labute approximate surface area is 199 Å². The molecule has 31 heavy (non-hydrogen) atoms. The van der Waals surface area contributed by atoms with Gasteiger partial charge < -0.3 is 4.90 Å². The standard InChI is InChI=1S/C24H27BrN2O2S2/c25-17-8-6-14(7-9-17)19-20-15-4-5-16(12-15)21(20)30-23-22(19)31-24(29)27(23)13-18(28)26-10-2-1-3-11-26/h6-9,15-16,19-21H,1-5,10-13H2/t15-,16-,19-,20-,21+/m0/s1. The summed E-state index contributed by atoms with van der Waals surface area (Å²) in [6, 6.07) is 8.70. The van der Waals surface area contributed by atoms with Crippen molar-refractivity contribution < 1.29 is 4.79 Å². The molecule has 2 aliphatic heterocycles. The average molecular weight is 520 g/mol. The highest BCUT2D eigenvalue weighted by Gasteiger charge is 2.55. The molecule has 0 N–H and O–H groups in total. The number of thioether (sulfide) groups is 1. The van der Waals surface area contributed by atoms with E-state index in [2.05, 4.69) is 40.2 Å². The van der Waals surface area contributed by atoms with Gasteiger partial charge in [0.05, 0.1) is 5.03 Å². The zero-order chi connectivity index (χ0) is 21.1. The van der Waals surface area contributed by atoms with Crippen LogP contribution in [0, 0.1) is 17.8 Å². The molecule has 1 amide bonds. The molecule has 2 saturated carbocycles. The van der Waals surface area contributed by atoms with Crippen LogP contribution in [0.25, 0.3) is 0 Å². The molecule has 4 aliphatic rings. The lowest BCUT2D eigenvalue weighted by Crippen LogP contribution is -2.39. The fourth-order valence-electron chi connectivity index (χ4n) is 6.51. The molecule has 0 spiro atoms. The number of benzene rings is 1. The number of amides is 1. The summed E-state index contributed by atoms with van der Waals surface area (Å²) in [5.41, 5.74) is 1.32. The third-order valence-electron chi connectivity index (χ3n) is 7.92. The first-order chi connectivity index (χ1) is 15.1. The summed E-state index contributed by atoms with van der Waals surface area (Å²) in [4.78, 5) is 29.4. The van der Waals surface area contributed by atoms with Crippen molar-refractivity contribution in [2.75, 3.05) is 13.1 Å². The van der Waals surface area contributed by atoms with Gasteiger partial charge in [-0.1, -0.05) is 39.4 Å². The predicted molar refractivity (Wildman–Crippen MR) is 129 cm³/mol. The van der Waals surface area contributed by atoms with E-state index in [0.29, 0.717) is 11.2 Å². The van der Waals surface area contributed by atoms with Crippen molar-refractivity contribution in [2.45, 2.75) is 61.3 Å². The first-order valence-corrected chi connectivity index (χ1v) is 14.0. The van der Waals surface area contributed by atoms with Gasteiger partial charge in [-0.05, 0) is 74.0 Å². The Hall–Kier alpha value is -1.05. The minimum atomic E-state index is 0.0392. The van der Waals surface area contributed by atoms with Crippen LogP contribution in [-0.4, -0.2) is 33.7 Å². The van der Waals surface area contributed by atoms with Crippen molar-refractivity contribution in [3.8, 4) is 0 Å². The quantitative estimate of drug-likeness (QED) is 0.550. The van der Waals surface area contributed by atoms with Crippen LogP contribution in [0.5, 0.6) is 0 Å². The average Bonchev–Trinajstić information content (AvgIpc) is 3.48. The van der Waals surface area contributed by atoms with Crippen LogP contribution < -0.4 is 4.87 Å². The van der Waals surface area contributed by atoms with E-state index in [9.17, 15) is 9.59 Å². The Morgan fingerprint density at radius 2 is 1.81 bits per heavy atom. The number of nitrogens with zero attached hydrogens (tertiary/aromatic N) is 2. The Bertz CT molecular complexity index is 1060. The molecule has 2 aromatic rings. The molecule has 1 aromatic carbocycles. The van der Waals surface area contributed by atoms with Crippen LogP contribution >= 0.6 is 39.0 Å². The number of carbonyl (C=O) groups excluding carboxylic acids is 1. The van der Waals surface area contributed by atoms with Gasteiger partial charge in [-0.15, -0.1) is 11.8 Å². The second-order valence-electron chi connectivity index (χ2n) is 9.59. The maximum absolute atomic E-state index is 13.1. The zero-order valence-electron chi connectivity index (χ0n) is 17.5. The molecule has 0 unspecified atom stereocenters. The molecular formula is C24H27BrN2O2S2.